The first-order valence-corrected chi connectivity index (χ1v) is 12.2. The number of ether oxygens (including phenoxy) is 1. The van der Waals surface area contributed by atoms with E-state index < -0.39 is 28.0 Å². The van der Waals surface area contributed by atoms with Gasteiger partial charge in [-0.25, -0.2) is 8.42 Å². The highest BCUT2D eigenvalue weighted by Gasteiger charge is 2.27. The molecule has 0 radical (unpaired) electrons. The van der Waals surface area contributed by atoms with Crippen molar-refractivity contribution in [3.8, 4) is 16.9 Å². The van der Waals surface area contributed by atoms with Gasteiger partial charge in [0.25, 0.3) is 0 Å². The lowest BCUT2D eigenvalue weighted by Gasteiger charge is -2.18. The number of sulfonamides is 1. The Bertz CT molecular complexity index is 1270. The Balaban J connectivity index is 1.67. The van der Waals surface area contributed by atoms with E-state index in [-0.39, 0.29) is 10.7 Å². The van der Waals surface area contributed by atoms with Crippen LogP contribution in [0, 0.1) is 5.92 Å². The van der Waals surface area contributed by atoms with E-state index in [0.717, 1.165) is 16.7 Å². The topological polar surface area (TPSA) is 110 Å². The third-order valence-electron chi connectivity index (χ3n) is 5.31. The molecule has 0 amide bonds. The molecule has 0 spiro atoms. The van der Waals surface area contributed by atoms with Crippen molar-refractivity contribution >= 4 is 21.8 Å². The molecule has 0 aliphatic rings. The molecular formula is C26H27NO6S. The minimum atomic E-state index is -3.97. The van der Waals surface area contributed by atoms with Gasteiger partial charge >= 0.3 is 5.97 Å². The molecule has 2 N–H and O–H groups in total. The van der Waals surface area contributed by atoms with Crippen molar-refractivity contribution in [2.75, 3.05) is 0 Å². The number of rotatable bonds is 10. The lowest BCUT2D eigenvalue weighted by atomic mass is 10.0. The van der Waals surface area contributed by atoms with Gasteiger partial charge in [0.05, 0.1) is 4.90 Å². The molecule has 3 rings (SSSR count). The van der Waals surface area contributed by atoms with E-state index in [1.165, 1.54) is 19.1 Å². The van der Waals surface area contributed by atoms with Crippen LogP contribution >= 0.6 is 0 Å². The van der Waals surface area contributed by atoms with Crippen LogP contribution in [0.1, 0.15) is 36.7 Å². The van der Waals surface area contributed by atoms with Crippen molar-refractivity contribution in [2.45, 2.75) is 38.3 Å². The van der Waals surface area contributed by atoms with Crippen molar-refractivity contribution in [1.82, 2.24) is 4.72 Å². The molecule has 8 heteroatoms. The fourth-order valence-corrected chi connectivity index (χ4v) is 4.64. The fourth-order valence-electron chi connectivity index (χ4n) is 3.30. The molecule has 0 aliphatic carbocycles. The smallest absolute Gasteiger partial charge is 0.322 e. The highest BCUT2D eigenvalue weighted by atomic mass is 32.2. The lowest BCUT2D eigenvalue weighted by molar-refractivity contribution is -0.140. The Hall–Kier alpha value is -3.49. The van der Waals surface area contributed by atoms with Crippen LogP contribution in [0.4, 0.5) is 0 Å². The number of benzene rings is 3. The molecule has 0 saturated heterocycles. The van der Waals surface area contributed by atoms with Gasteiger partial charge in [-0.2, -0.15) is 4.72 Å². The van der Waals surface area contributed by atoms with Gasteiger partial charge in [0.2, 0.25) is 10.0 Å². The first kappa shape index (κ1) is 25.1. The number of Topliss-reactive ketones (excluding diaryl/α,β-unsaturated/α-hetero) is 1. The predicted molar refractivity (Wildman–Crippen MR) is 129 cm³/mol. The predicted octanol–water partition coefficient (Wildman–Crippen LogP) is 4.52. The minimum Gasteiger partial charge on any atom is -0.489 e. The van der Waals surface area contributed by atoms with Gasteiger partial charge in [-0.05, 0) is 53.8 Å². The molecule has 1 atom stereocenters. The number of nitrogens with one attached hydrogen (secondary N) is 1. The van der Waals surface area contributed by atoms with Gasteiger partial charge in [0.1, 0.15) is 18.4 Å². The number of hydrogen-bond acceptors (Lipinski definition) is 5. The Morgan fingerprint density at radius 2 is 1.53 bits per heavy atom. The van der Waals surface area contributed by atoms with E-state index in [9.17, 15) is 23.1 Å². The maximum Gasteiger partial charge on any atom is 0.322 e. The van der Waals surface area contributed by atoms with E-state index in [1.54, 1.807) is 50.2 Å². The number of carbonyl (C=O) groups is 2. The summed E-state index contributed by atoms with van der Waals surface area (Å²) < 4.78 is 33.2. The maximum atomic E-state index is 12.6. The summed E-state index contributed by atoms with van der Waals surface area (Å²) in [5.41, 5.74) is 3.24. The highest BCUT2D eigenvalue weighted by molar-refractivity contribution is 7.89. The second-order valence-electron chi connectivity index (χ2n) is 8.28. The van der Waals surface area contributed by atoms with E-state index in [2.05, 4.69) is 4.72 Å². The highest BCUT2D eigenvalue weighted by Crippen LogP contribution is 2.23. The van der Waals surface area contributed by atoms with Gasteiger partial charge in [-0.3, -0.25) is 9.59 Å². The summed E-state index contributed by atoms with van der Waals surface area (Å²) in [5, 5.41) is 9.26. The molecule has 0 aromatic heterocycles. The summed E-state index contributed by atoms with van der Waals surface area (Å²) in [7, 11) is -3.97. The zero-order valence-electron chi connectivity index (χ0n) is 19.2. The van der Waals surface area contributed by atoms with Gasteiger partial charge < -0.3 is 9.84 Å². The van der Waals surface area contributed by atoms with Crippen LogP contribution in [0.15, 0.2) is 77.7 Å². The SMILES string of the molecule is CC(=O)c1cccc(OCc2ccc(-c3ccc(S(=O)(=O)N[C@@H](C(=O)O)C(C)C)cc3)cc2)c1. The van der Waals surface area contributed by atoms with E-state index >= 15 is 0 Å². The molecular weight excluding hydrogens is 454 g/mol. The largest absolute Gasteiger partial charge is 0.489 e. The molecule has 3 aromatic rings. The molecule has 0 unspecified atom stereocenters. The Labute approximate surface area is 199 Å². The maximum absolute atomic E-state index is 12.6. The second-order valence-corrected chi connectivity index (χ2v) is 9.99. The van der Waals surface area contributed by atoms with Crippen molar-refractivity contribution in [1.29, 1.82) is 0 Å². The van der Waals surface area contributed by atoms with E-state index in [0.29, 0.717) is 17.9 Å². The van der Waals surface area contributed by atoms with E-state index in [1.807, 2.05) is 24.3 Å². The number of hydrogen-bond donors (Lipinski definition) is 2. The van der Waals surface area contributed by atoms with Crippen LogP contribution < -0.4 is 9.46 Å². The quantitative estimate of drug-likeness (QED) is 0.412. The summed E-state index contributed by atoms with van der Waals surface area (Å²) in [5.74, 6) is -1.02. The molecule has 0 saturated carbocycles. The van der Waals surface area contributed by atoms with Crippen molar-refractivity contribution in [3.63, 3.8) is 0 Å². The molecule has 34 heavy (non-hydrogen) atoms. The standard InChI is InChI=1S/C26H27NO6S/c1-17(2)25(26(29)30)27-34(31,32)24-13-11-21(12-14-24)20-9-7-19(8-10-20)16-33-23-6-4-5-22(15-23)18(3)28/h4-15,17,25,27H,16H2,1-3H3,(H,29,30)/t25-/m1/s1. The van der Waals surface area contributed by atoms with E-state index in [4.69, 9.17) is 4.74 Å². The average Bonchev–Trinajstić information content (AvgIpc) is 2.81. The van der Waals surface area contributed by atoms with Crippen molar-refractivity contribution < 1.29 is 27.9 Å². The number of carbonyl (C=O) groups excluding carboxylic acids is 1. The second kappa shape index (κ2) is 10.6. The summed E-state index contributed by atoms with van der Waals surface area (Å²) in [6, 6.07) is 19.7. The Kier molecular flexibility index (Phi) is 7.86. The van der Waals surface area contributed by atoms with Crippen LogP contribution in [0.2, 0.25) is 0 Å². The molecule has 0 aliphatic heterocycles. The van der Waals surface area contributed by atoms with Crippen LogP contribution in [-0.4, -0.2) is 31.3 Å². The van der Waals surface area contributed by atoms with Crippen LogP contribution in [-0.2, 0) is 21.4 Å². The summed E-state index contributed by atoms with van der Waals surface area (Å²) in [6.07, 6.45) is 0. The lowest BCUT2D eigenvalue weighted by Crippen LogP contribution is -2.44. The summed E-state index contributed by atoms with van der Waals surface area (Å²) in [6.45, 7) is 5.13. The Morgan fingerprint density at radius 1 is 0.941 bits per heavy atom. The normalized spacial score (nSPS) is 12.4. The van der Waals surface area contributed by atoms with Gasteiger partial charge in [-0.15, -0.1) is 0 Å². The third kappa shape index (κ3) is 6.30. The molecule has 0 bridgehead atoms. The zero-order valence-corrected chi connectivity index (χ0v) is 20.0. The van der Waals surface area contributed by atoms with Crippen molar-refractivity contribution in [2.24, 2.45) is 5.92 Å². The molecule has 7 nitrogen and oxygen atoms in total. The molecule has 0 heterocycles. The number of carboxylic acids is 1. The number of aliphatic carboxylic acids is 1. The summed E-state index contributed by atoms with van der Waals surface area (Å²) >= 11 is 0. The fraction of sp³-hybridized carbons (Fsp3) is 0.231. The molecule has 178 valence electrons. The molecule has 0 fully saturated rings. The van der Waals surface area contributed by atoms with Gasteiger partial charge in [0, 0.05) is 5.56 Å². The Morgan fingerprint density at radius 3 is 2.06 bits per heavy atom. The first-order valence-electron chi connectivity index (χ1n) is 10.7. The first-order chi connectivity index (χ1) is 16.1. The van der Waals surface area contributed by atoms with Crippen LogP contribution in [0.3, 0.4) is 0 Å². The van der Waals surface area contributed by atoms with Gasteiger partial charge in [0.15, 0.2) is 5.78 Å². The minimum absolute atomic E-state index is 0.000890. The van der Waals surface area contributed by atoms with Crippen LogP contribution in [0.25, 0.3) is 11.1 Å². The monoisotopic (exact) mass is 481 g/mol. The van der Waals surface area contributed by atoms with Crippen LogP contribution in [0.5, 0.6) is 5.75 Å². The van der Waals surface area contributed by atoms with Gasteiger partial charge in [-0.1, -0.05) is 62.4 Å². The zero-order chi connectivity index (χ0) is 24.9. The summed E-state index contributed by atoms with van der Waals surface area (Å²) in [4.78, 5) is 22.8. The third-order valence-corrected chi connectivity index (χ3v) is 6.77. The van der Waals surface area contributed by atoms with Crippen molar-refractivity contribution in [3.05, 3.63) is 83.9 Å². The number of carboxylic acid groups (broad SMARTS) is 1. The number of ketones is 1. The molecule has 3 aromatic carbocycles. The average molecular weight is 482 g/mol.